The molecule has 0 unspecified atom stereocenters. The molecular formula is C21H25NO7. The Morgan fingerprint density at radius 2 is 1.59 bits per heavy atom. The second-order valence-corrected chi connectivity index (χ2v) is 5.82. The van der Waals surface area contributed by atoms with Crippen LogP contribution in [0.4, 0.5) is 0 Å². The molecule has 156 valence electrons. The van der Waals surface area contributed by atoms with E-state index in [1.165, 1.54) is 21.3 Å². The molecule has 2 aromatic rings. The third-order valence-corrected chi connectivity index (χ3v) is 3.96. The molecule has 2 aromatic carbocycles. The zero-order valence-corrected chi connectivity index (χ0v) is 16.9. The Balaban J connectivity index is 1.94. The number of esters is 1. The molecule has 8 heteroatoms. The lowest BCUT2D eigenvalue weighted by molar-refractivity contribution is -0.124. The Morgan fingerprint density at radius 1 is 0.931 bits per heavy atom. The van der Waals surface area contributed by atoms with Crippen LogP contribution in [0.5, 0.6) is 23.0 Å². The summed E-state index contributed by atoms with van der Waals surface area (Å²) in [5.74, 6) is 0.771. The van der Waals surface area contributed by atoms with E-state index in [0.29, 0.717) is 29.6 Å². The van der Waals surface area contributed by atoms with Gasteiger partial charge in [0.2, 0.25) is 5.75 Å². The number of amides is 1. The number of rotatable bonds is 10. The van der Waals surface area contributed by atoms with Gasteiger partial charge in [0.25, 0.3) is 5.91 Å². The molecule has 0 radical (unpaired) electrons. The van der Waals surface area contributed by atoms with E-state index in [9.17, 15) is 9.59 Å². The quantitative estimate of drug-likeness (QED) is 0.610. The zero-order chi connectivity index (χ0) is 21.2. The van der Waals surface area contributed by atoms with Gasteiger partial charge in [-0.25, -0.2) is 4.79 Å². The average molecular weight is 403 g/mol. The minimum atomic E-state index is -0.628. The van der Waals surface area contributed by atoms with Crippen molar-refractivity contribution in [2.24, 2.45) is 0 Å². The van der Waals surface area contributed by atoms with Gasteiger partial charge in [-0.2, -0.15) is 0 Å². The fraction of sp³-hybridized carbons (Fsp3) is 0.333. The average Bonchev–Trinajstić information content (AvgIpc) is 2.75. The second kappa shape index (κ2) is 10.8. The minimum Gasteiger partial charge on any atom is -0.493 e. The summed E-state index contributed by atoms with van der Waals surface area (Å²) < 4.78 is 26.3. The van der Waals surface area contributed by atoms with Crippen molar-refractivity contribution in [3.8, 4) is 23.0 Å². The SMILES string of the molecule is CCOc1ccccc1C(=O)OCC(=O)NCc1cc(OC)c(OC)c(OC)c1. The van der Waals surface area contributed by atoms with E-state index in [1.54, 1.807) is 36.4 Å². The van der Waals surface area contributed by atoms with Gasteiger partial charge in [0.05, 0.1) is 27.9 Å². The molecule has 29 heavy (non-hydrogen) atoms. The molecule has 0 saturated heterocycles. The summed E-state index contributed by atoms with van der Waals surface area (Å²) in [6.45, 7) is 2.02. The number of hydrogen-bond acceptors (Lipinski definition) is 7. The first-order valence-electron chi connectivity index (χ1n) is 8.98. The van der Waals surface area contributed by atoms with E-state index in [-0.39, 0.29) is 12.1 Å². The fourth-order valence-corrected chi connectivity index (χ4v) is 2.61. The topological polar surface area (TPSA) is 92.3 Å². The maximum absolute atomic E-state index is 12.2. The smallest absolute Gasteiger partial charge is 0.342 e. The van der Waals surface area contributed by atoms with Gasteiger partial charge in [-0.05, 0) is 36.8 Å². The largest absolute Gasteiger partial charge is 0.493 e. The van der Waals surface area contributed by atoms with Crippen molar-refractivity contribution in [2.45, 2.75) is 13.5 Å². The van der Waals surface area contributed by atoms with Gasteiger partial charge in [0.1, 0.15) is 11.3 Å². The number of carbonyl (C=O) groups is 2. The van der Waals surface area contributed by atoms with Crippen LogP contribution in [0.3, 0.4) is 0 Å². The van der Waals surface area contributed by atoms with E-state index in [4.69, 9.17) is 23.7 Å². The molecule has 2 rings (SSSR count). The standard InChI is InChI=1S/C21H25NO7/c1-5-28-16-9-7-6-8-15(16)21(24)29-13-19(23)22-12-14-10-17(25-2)20(27-4)18(11-14)26-3/h6-11H,5,12-13H2,1-4H3,(H,22,23). The van der Waals surface area contributed by atoms with E-state index >= 15 is 0 Å². The van der Waals surface area contributed by atoms with Gasteiger partial charge in [0.15, 0.2) is 18.1 Å². The van der Waals surface area contributed by atoms with Crippen LogP contribution < -0.4 is 24.3 Å². The molecule has 1 N–H and O–H groups in total. The summed E-state index contributed by atoms with van der Waals surface area (Å²) in [5, 5.41) is 2.69. The fourth-order valence-electron chi connectivity index (χ4n) is 2.61. The van der Waals surface area contributed by atoms with Crippen LogP contribution in [0.1, 0.15) is 22.8 Å². The van der Waals surface area contributed by atoms with Crippen molar-refractivity contribution in [3.05, 3.63) is 47.5 Å². The van der Waals surface area contributed by atoms with Crippen LogP contribution in [0.25, 0.3) is 0 Å². The molecular weight excluding hydrogens is 378 g/mol. The molecule has 0 aromatic heterocycles. The van der Waals surface area contributed by atoms with Gasteiger partial charge < -0.3 is 29.0 Å². The lowest BCUT2D eigenvalue weighted by Crippen LogP contribution is -2.28. The first kappa shape index (κ1) is 21.9. The number of benzene rings is 2. The van der Waals surface area contributed by atoms with Crippen LogP contribution in [-0.4, -0.2) is 46.4 Å². The first-order chi connectivity index (χ1) is 14.0. The van der Waals surface area contributed by atoms with Gasteiger partial charge in [-0.15, -0.1) is 0 Å². The van der Waals surface area contributed by atoms with Crippen molar-refractivity contribution in [1.82, 2.24) is 5.32 Å². The van der Waals surface area contributed by atoms with Crippen molar-refractivity contribution in [3.63, 3.8) is 0 Å². The lowest BCUT2D eigenvalue weighted by atomic mass is 10.1. The summed E-state index contributed by atoms with van der Waals surface area (Å²) in [6, 6.07) is 10.2. The van der Waals surface area contributed by atoms with Gasteiger partial charge >= 0.3 is 5.97 Å². The second-order valence-electron chi connectivity index (χ2n) is 5.82. The molecule has 0 bridgehead atoms. The van der Waals surface area contributed by atoms with E-state index < -0.39 is 18.5 Å². The molecule has 0 fully saturated rings. The molecule has 0 aliphatic rings. The van der Waals surface area contributed by atoms with Crippen molar-refractivity contribution < 1.29 is 33.3 Å². The van der Waals surface area contributed by atoms with Crippen LogP contribution in [0.2, 0.25) is 0 Å². The zero-order valence-electron chi connectivity index (χ0n) is 16.9. The van der Waals surface area contributed by atoms with E-state index in [0.717, 1.165) is 5.56 Å². The molecule has 0 atom stereocenters. The Hall–Kier alpha value is -3.42. The maximum atomic E-state index is 12.2. The van der Waals surface area contributed by atoms with Crippen LogP contribution in [0.15, 0.2) is 36.4 Å². The van der Waals surface area contributed by atoms with Crippen LogP contribution >= 0.6 is 0 Å². The number of nitrogens with one attached hydrogen (secondary N) is 1. The minimum absolute atomic E-state index is 0.197. The third-order valence-electron chi connectivity index (χ3n) is 3.96. The first-order valence-corrected chi connectivity index (χ1v) is 8.98. The summed E-state index contributed by atoms with van der Waals surface area (Å²) in [7, 11) is 4.54. The third kappa shape index (κ3) is 5.78. The highest BCUT2D eigenvalue weighted by Crippen LogP contribution is 2.38. The van der Waals surface area contributed by atoms with Crippen molar-refractivity contribution >= 4 is 11.9 Å². The monoisotopic (exact) mass is 403 g/mol. The van der Waals surface area contributed by atoms with Crippen molar-refractivity contribution in [2.75, 3.05) is 34.5 Å². The molecule has 0 heterocycles. The molecule has 0 aliphatic heterocycles. The Labute approximate surface area is 169 Å². The van der Waals surface area contributed by atoms with E-state index in [1.807, 2.05) is 6.92 Å². The lowest BCUT2D eigenvalue weighted by Gasteiger charge is -2.14. The Morgan fingerprint density at radius 3 is 2.17 bits per heavy atom. The summed E-state index contributed by atoms with van der Waals surface area (Å²) in [6.07, 6.45) is 0. The van der Waals surface area contributed by atoms with Gasteiger partial charge in [-0.3, -0.25) is 4.79 Å². The van der Waals surface area contributed by atoms with E-state index in [2.05, 4.69) is 5.32 Å². The van der Waals surface area contributed by atoms with Crippen LogP contribution in [0, 0.1) is 0 Å². The number of ether oxygens (including phenoxy) is 5. The number of hydrogen-bond donors (Lipinski definition) is 1. The molecule has 0 saturated carbocycles. The predicted octanol–water partition coefficient (Wildman–Crippen LogP) is 2.58. The molecule has 1 amide bonds. The van der Waals surface area contributed by atoms with Gasteiger partial charge in [0, 0.05) is 6.54 Å². The highest BCUT2D eigenvalue weighted by atomic mass is 16.5. The number of methoxy groups -OCH3 is 3. The molecule has 8 nitrogen and oxygen atoms in total. The van der Waals surface area contributed by atoms with Crippen molar-refractivity contribution in [1.29, 1.82) is 0 Å². The highest BCUT2D eigenvalue weighted by Gasteiger charge is 2.16. The predicted molar refractivity (Wildman–Crippen MR) is 106 cm³/mol. The summed E-state index contributed by atoms with van der Waals surface area (Å²) in [4.78, 5) is 24.3. The van der Waals surface area contributed by atoms with Gasteiger partial charge in [-0.1, -0.05) is 12.1 Å². The van der Waals surface area contributed by atoms with Crippen LogP contribution in [-0.2, 0) is 16.1 Å². The highest BCUT2D eigenvalue weighted by molar-refractivity contribution is 5.94. The summed E-state index contributed by atoms with van der Waals surface area (Å²) in [5.41, 5.74) is 1.01. The Bertz CT molecular complexity index is 826. The summed E-state index contributed by atoms with van der Waals surface area (Å²) >= 11 is 0. The normalized spacial score (nSPS) is 10.1. The number of para-hydroxylation sites is 1. The number of carbonyl (C=O) groups excluding carboxylic acids is 2. The Kier molecular flexibility index (Phi) is 8.14. The molecule has 0 spiro atoms. The maximum Gasteiger partial charge on any atom is 0.342 e. The molecule has 0 aliphatic carbocycles.